The number of nitrogens with one attached hydrogen (secondary N) is 1. The number of likely N-dealkylation sites (tertiary alicyclic amines) is 1. The molecule has 1 aromatic heterocycles. The highest BCUT2D eigenvalue weighted by molar-refractivity contribution is 6.02. The van der Waals surface area contributed by atoms with Crippen molar-refractivity contribution in [3.05, 3.63) is 46.6 Å². The molecule has 5 nitrogen and oxygen atoms in total. The van der Waals surface area contributed by atoms with Gasteiger partial charge in [-0.15, -0.1) is 0 Å². The summed E-state index contributed by atoms with van der Waals surface area (Å²) in [6.07, 6.45) is 4.61. The van der Waals surface area contributed by atoms with Gasteiger partial charge in [-0.2, -0.15) is 0 Å². The number of hydrogen-bond acceptors (Lipinski definition) is 3. The summed E-state index contributed by atoms with van der Waals surface area (Å²) in [5.74, 6) is 1.06. The Morgan fingerprint density at radius 2 is 2.07 bits per heavy atom. The first-order chi connectivity index (χ1) is 14.6. The highest BCUT2D eigenvalue weighted by atomic mass is 19.1. The van der Waals surface area contributed by atoms with E-state index in [9.17, 15) is 14.0 Å². The van der Waals surface area contributed by atoms with E-state index in [-0.39, 0.29) is 17.6 Å². The maximum atomic E-state index is 14.0. The van der Waals surface area contributed by atoms with Crippen molar-refractivity contribution >= 4 is 23.2 Å². The minimum Gasteiger partial charge on any atom is -0.337 e. The van der Waals surface area contributed by atoms with Crippen molar-refractivity contribution in [2.45, 2.75) is 58.2 Å². The molecule has 1 saturated heterocycles. The van der Waals surface area contributed by atoms with Crippen molar-refractivity contribution in [3.8, 4) is 0 Å². The third-order valence-electron chi connectivity index (χ3n) is 6.78. The zero-order valence-corrected chi connectivity index (χ0v) is 17.4. The minimum absolute atomic E-state index is 0.112. The fourth-order valence-electron chi connectivity index (χ4n) is 5.26. The number of halogens is 1. The van der Waals surface area contributed by atoms with Crippen LogP contribution in [0.2, 0.25) is 0 Å². The average molecular weight is 410 g/mol. The summed E-state index contributed by atoms with van der Waals surface area (Å²) >= 11 is 0. The molecular weight excluding hydrogens is 381 g/mol. The Balaban J connectivity index is 1.43. The molecule has 30 heavy (non-hydrogen) atoms. The quantitative estimate of drug-likeness (QED) is 0.739. The van der Waals surface area contributed by atoms with Gasteiger partial charge >= 0.3 is 0 Å². The lowest BCUT2D eigenvalue weighted by Gasteiger charge is -2.29. The highest BCUT2D eigenvalue weighted by Crippen LogP contribution is 2.38. The van der Waals surface area contributed by atoms with Gasteiger partial charge in [0.2, 0.25) is 0 Å². The summed E-state index contributed by atoms with van der Waals surface area (Å²) < 4.78 is 14.0. The lowest BCUT2D eigenvalue weighted by atomic mass is 10.00. The summed E-state index contributed by atoms with van der Waals surface area (Å²) in [5.41, 5.74) is 4.60. The molecule has 1 fully saturated rings. The van der Waals surface area contributed by atoms with E-state index >= 15 is 0 Å². The van der Waals surface area contributed by atoms with Crippen LogP contribution in [0.15, 0.2) is 24.3 Å². The van der Waals surface area contributed by atoms with E-state index < -0.39 is 6.30 Å². The Morgan fingerprint density at radius 3 is 2.83 bits per heavy atom. The fraction of sp³-hybridized carbons (Fsp3) is 0.500. The van der Waals surface area contributed by atoms with E-state index in [0.29, 0.717) is 25.1 Å². The standard InChI is InChI=1S/C24H28FN3O2/c1-2-5-15-12-17-13-18(8-9-19(17)22(15)29)27-10-3-6-16-14-20(26-23(16)27)24(30)28-11-4-7-21(28)25/h8-9,13-15,21,26H,2-7,10-12H2,1H3/t15-,21-/m1/s1. The van der Waals surface area contributed by atoms with Gasteiger partial charge in [0.1, 0.15) is 11.5 Å². The Hall–Kier alpha value is -2.63. The summed E-state index contributed by atoms with van der Waals surface area (Å²) in [5, 5.41) is 0. The molecule has 1 N–H and O–H groups in total. The van der Waals surface area contributed by atoms with Gasteiger partial charge in [0.15, 0.2) is 12.1 Å². The van der Waals surface area contributed by atoms with E-state index in [4.69, 9.17) is 0 Å². The Labute approximate surface area is 176 Å². The number of amides is 1. The molecule has 0 unspecified atom stereocenters. The first-order valence-corrected chi connectivity index (χ1v) is 11.2. The maximum Gasteiger partial charge on any atom is 0.272 e. The van der Waals surface area contributed by atoms with Crippen molar-refractivity contribution in [2.24, 2.45) is 5.92 Å². The van der Waals surface area contributed by atoms with Gasteiger partial charge in [0, 0.05) is 30.3 Å². The number of aromatic amines is 1. The van der Waals surface area contributed by atoms with Crippen LogP contribution in [-0.2, 0) is 12.8 Å². The van der Waals surface area contributed by atoms with E-state index in [1.165, 1.54) is 4.90 Å². The lowest BCUT2D eigenvalue weighted by molar-refractivity contribution is 0.0586. The number of fused-ring (bicyclic) bond motifs is 2. The lowest BCUT2D eigenvalue weighted by Crippen LogP contribution is -2.33. The monoisotopic (exact) mass is 409 g/mol. The van der Waals surface area contributed by atoms with E-state index in [1.807, 2.05) is 18.2 Å². The van der Waals surface area contributed by atoms with Crippen molar-refractivity contribution in [2.75, 3.05) is 18.0 Å². The fourth-order valence-corrected chi connectivity index (χ4v) is 5.26. The number of anilines is 2. The van der Waals surface area contributed by atoms with E-state index in [1.54, 1.807) is 0 Å². The predicted octanol–water partition coefficient (Wildman–Crippen LogP) is 4.79. The number of H-pyrrole nitrogens is 1. The second-order valence-electron chi connectivity index (χ2n) is 8.78. The number of carbonyl (C=O) groups is 2. The molecule has 1 aromatic carbocycles. The van der Waals surface area contributed by atoms with Crippen molar-refractivity contribution in [3.63, 3.8) is 0 Å². The number of hydrogen-bond donors (Lipinski definition) is 1. The van der Waals surface area contributed by atoms with Gasteiger partial charge in [0.25, 0.3) is 5.91 Å². The number of Topliss-reactive ketones (excluding diaryl/α,β-unsaturated/α-hetero) is 1. The van der Waals surface area contributed by atoms with Gasteiger partial charge in [-0.25, -0.2) is 4.39 Å². The van der Waals surface area contributed by atoms with Gasteiger partial charge < -0.3 is 14.8 Å². The van der Waals surface area contributed by atoms with Crippen LogP contribution < -0.4 is 4.90 Å². The number of nitrogens with zero attached hydrogens (tertiary/aromatic N) is 2. The number of alkyl halides is 1. The molecule has 5 rings (SSSR count). The molecule has 2 aromatic rings. The van der Waals surface area contributed by atoms with Gasteiger partial charge in [-0.05, 0) is 73.9 Å². The number of aromatic nitrogens is 1. The van der Waals surface area contributed by atoms with E-state index in [2.05, 4.69) is 22.9 Å². The second-order valence-corrected chi connectivity index (χ2v) is 8.78. The van der Waals surface area contributed by atoms with Crippen molar-refractivity contribution < 1.29 is 14.0 Å². The summed E-state index contributed by atoms with van der Waals surface area (Å²) in [7, 11) is 0. The molecular formula is C24H28FN3O2. The van der Waals surface area contributed by atoms with Crippen molar-refractivity contribution in [1.82, 2.24) is 9.88 Å². The molecule has 0 spiro atoms. The number of ketones is 1. The first-order valence-electron chi connectivity index (χ1n) is 11.2. The number of carbonyl (C=O) groups excluding carboxylic acids is 2. The predicted molar refractivity (Wildman–Crippen MR) is 114 cm³/mol. The van der Waals surface area contributed by atoms with Crippen LogP contribution in [0.5, 0.6) is 0 Å². The van der Waals surface area contributed by atoms with Crippen LogP contribution in [0.4, 0.5) is 15.9 Å². The Bertz CT molecular complexity index is 998. The summed E-state index contributed by atoms with van der Waals surface area (Å²) in [4.78, 5) is 32.2. The molecule has 6 heteroatoms. The molecule has 2 aliphatic heterocycles. The van der Waals surface area contributed by atoms with Crippen LogP contribution in [-0.4, -0.2) is 41.0 Å². The Kier molecular flexibility index (Phi) is 4.88. The number of benzene rings is 1. The van der Waals surface area contributed by atoms with Crippen LogP contribution in [0.25, 0.3) is 0 Å². The number of aryl methyl sites for hydroxylation is 1. The third kappa shape index (κ3) is 3.13. The van der Waals surface area contributed by atoms with Gasteiger partial charge in [-0.3, -0.25) is 9.59 Å². The molecule has 158 valence electrons. The summed E-state index contributed by atoms with van der Waals surface area (Å²) in [6.45, 7) is 3.45. The second kappa shape index (κ2) is 7.56. The van der Waals surface area contributed by atoms with E-state index in [0.717, 1.165) is 66.8 Å². The smallest absolute Gasteiger partial charge is 0.272 e. The average Bonchev–Trinajstić information content (AvgIpc) is 3.45. The topological polar surface area (TPSA) is 56.4 Å². The summed E-state index contributed by atoms with van der Waals surface area (Å²) in [6, 6.07) is 8.01. The number of rotatable bonds is 4. The van der Waals surface area contributed by atoms with Crippen LogP contribution >= 0.6 is 0 Å². The zero-order chi connectivity index (χ0) is 20.8. The van der Waals surface area contributed by atoms with Gasteiger partial charge in [-0.1, -0.05) is 13.3 Å². The van der Waals surface area contributed by atoms with Crippen molar-refractivity contribution in [1.29, 1.82) is 0 Å². The van der Waals surface area contributed by atoms with Gasteiger partial charge in [0.05, 0.1) is 0 Å². The molecule has 0 bridgehead atoms. The minimum atomic E-state index is -1.18. The zero-order valence-electron chi connectivity index (χ0n) is 17.4. The first kappa shape index (κ1) is 19.3. The Morgan fingerprint density at radius 1 is 1.20 bits per heavy atom. The van der Waals surface area contributed by atoms with Crippen LogP contribution in [0.3, 0.4) is 0 Å². The van der Waals surface area contributed by atoms with Crippen LogP contribution in [0.1, 0.15) is 71.0 Å². The largest absolute Gasteiger partial charge is 0.337 e. The molecule has 1 amide bonds. The third-order valence-corrected chi connectivity index (χ3v) is 6.78. The normalized spacial score (nSPS) is 23.1. The molecule has 0 saturated carbocycles. The maximum absolute atomic E-state index is 14.0. The highest BCUT2D eigenvalue weighted by Gasteiger charge is 2.33. The molecule has 3 heterocycles. The molecule has 1 aliphatic carbocycles. The SMILES string of the molecule is CCC[C@@H]1Cc2cc(N3CCCc4cc(C(=O)N5CCC[C@@H]5F)[nH]c43)ccc2C1=O. The molecule has 0 radical (unpaired) electrons. The molecule has 2 atom stereocenters. The molecule has 3 aliphatic rings. The van der Waals surface area contributed by atoms with Crippen LogP contribution in [0, 0.1) is 5.92 Å².